The van der Waals surface area contributed by atoms with E-state index in [9.17, 15) is 0 Å². The Bertz CT molecular complexity index is 508. The molecule has 1 heterocycles. The molecule has 0 saturated carbocycles. The number of halogens is 2. The van der Waals surface area contributed by atoms with Gasteiger partial charge in [0.25, 0.3) is 0 Å². The molecule has 2 aromatic rings. The van der Waals surface area contributed by atoms with E-state index in [1.807, 2.05) is 29.1 Å². The van der Waals surface area contributed by atoms with Crippen molar-refractivity contribution in [2.45, 2.75) is 25.8 Å². The normalized spacial score (nSPS) is 10.8. The lowest BCUT2D eigenvalue weighted by atomic mass is 10.2. The standard InChI is InChI=1S/C13H14BrClN2/c1-2-13-11(7-15)8-16-17(13)9-10-5-3-4-6-12(10)14/h3-6,8H,2,7,9H2,1H3. The molecule has 0 bridgehead atoms. The maximum atomic E-state index is 5.90. The summed E-state index contributed by atoms with van der Waals surface area (Å²) >= 11 is 9.45. The molecule has 0 N–H and O–H groups in total. The molecular weight excluding hydrogens is 300 g/mol. The van der Waals surface area contributed by atoms with Gasteiger partial charge in [-0.15, -0.1) is 11.6 Å². The second-order valence-corrected chi connectivity index (χ2v) is 4.97. The Hall–Kier alpha value is -0.800. The first-order valence-electron chi connectivity index (χ1n) is 5.59. The van der Waals surface area contributed by atoms with Crippen LogP contribution in [0.2, 0.25) is 0 Å². The number of aromatic nitrogens is 2. The number of rotatable bonds is 4. The van der Waals surface area contributed by atoms with Crippen LogP contribution in [-0.2, 0) is 18.8 Å². The molecule has 0 atom stereocenters. The van der Waals surface area contributed by atoms with Gasteiger partial charge >= 0.3 is 0 Å². The van der Waals surface area contributed by atoms with Gasteiger partial charge in [0.1, 0.15) is 0 Å². The van der Waals surface area contributed by atoms with Gasteiger partial charge in [0.05, 0.1) is 18.6 Å². The molecule has 4 heteroatoms. The first-order valence-corrected chi connectivity index (χ1v) is 6.92. The molecule has 0 unspecified atom stereocenters. The highest BCUT2D eigenvalue weighted by Gasteiger charge is 2.09. The molecule has 2 rings (SSSR count). The number of hydrogen-bond acceptors (Lipinski definition) is 1. The Balaban J connectivity index is 2.30. The van der Waals surface area contributed by atoms with Crippen molar-refractivity contribution in [1.29, 1.82) is 0 Å². The van der Waals surface area contributed by atoms with Gasteiger partial charge in [-0.3, -0.25) is 4.68 Å². The molecule has 0 amide bonds. The predicted molar refractivity (Wildman–Crippen MR) is 74.4 cm³/mol. The van der Waals surface area contributed by atoms with E-state index in [1.54, 1.807) is 0 Å². The summed E-state index contributed by atoms with van der Waals surface area (Å²) in [7, 11) is 0. The lowest BCUT2D eigenvalue weighted by molar-refractivity contribution is 0.647. The van der Waals surface area contributed by atoms with Gasteiger partial charge in [-0.1, -0.05) is 41.1 Å². The third-order valence-corrected chi connectivity index (χ3v) is 3.85. The van der Waals surface area contributed by atoms with Gasteiger partial charge in [-0.25, -0.2) is 0 Å². The predicted octanol–water partition coefficient (Wildman–Crippen LogP) is 4.00. The lowest BCUT2D eigenvalue weighted by Gasteiger charge is -2.08. The minimum absolute atomic E-state index is 0.527. The second-order valence-electron chi connectivity index (χ2n) is 3.85. The zero-order valence-corrected chi connectivity index (χ0v) is 12.0. The van der Waals surface area contributed by atoms with Crippen LogP contribution in [0, 0.1) is 0 Å². The Kier molecular flexibility index (Phi) is 4.24. The van der Waals surface area contributed by atoms with Crippen molar-refractivity contribution in [3.8, 4) is 0 Å². The van der Waals surface area contributed by atoms with Crippen molar-refractivity contribution in [1.82, 2.24) is 9.78 Å². The molecule has 1 aromatic heterocycles. The molecule has 2 nitrogen and oxygen atoms in total. The van der Waals surface area contributed by atoms with E-state index in [0.29, 0.717) is 5.88 Å². The third kappa shape index (κ3) is 2.72. The second kappa shape index (κ2) is 5.69. The van der Waals surface area contributed by atoms with Crippen molar-refractivity contribution < 1.29 is 0 Å². The summed E-state index contributed by atoms with van der Waals surface area (Å²) in [5.41, 5.74) is 3.57. The SMILES string of the molecule is CCc1c(CCl)cnn1Cc1ccccc1Br. The number of alkyl halides is 1. The maximum Gasteiger partial charge on any atom is 0.0673 e. The van der Waals surface area contributed by atoms with E-state index >= 15 is 0 Å². The highest BCUT2D eigenvalue weighted by molar-refractivity contribution is 9.10. The Labute approximate surface area is 115 Å². The van der Waals surface area contributed by atoms with E-state index in [2.05, 4.69) is 34.0 Å². The Morgan fingerprint density at radius 3 is 2.71 bits per heavy atom. The first-order chi connectivity index (χ1) is 8.26. The first kappa shape index (κ1) is 12.7. The quantitative estimate of drug-likeness (QED) is 0.780. The lowest BCUT2D eigenvalue weighted by Crippen LogP contribution is -2.06. The van der Waals surface area contributed by atoms with Crippen LogP contribution in [0.3, 0.4) is 0 Å². The van der Waals surface area contributed by atoms with E-state index in [0.717, 1.165) is 23.0 Å². The summed E-state index contributed by atoms with van der Waals surface area (Å²) in [4.78, 5) is 0. The summed E-state index contributed by atoms with van der Waals surface area (Å²) in [6.07, 6.45) is 2.81. The Morgan fingerprint density at radius 2 is 2.06 bits per heavy atom. The van der Waals surface area contributed by atoms with Gasteiger partial charge < -0.3 is 0 Å². The zero-order valence-electron chi connectivity index (χ0n) is 9.66. The molecular formula is C13H14BrClN2. The minimum atomic E-state index is 0.527. The van der Waals surface area contributed by atoms with E-state index < -0.39 is 0 Å². The van der Waals surface area contributed by atoms with Gasteiger partial charge in [-0.05, 0) is 18.1 Å². The molecule has 90 valence electrons. The number of hydrogen-bond donors (Lipinski definition) is 0. The van der Waals surface area contributed by atoms with Crippen molar-refractivity contribution in [2.24, 2.45) is 0 Å². The molecule has 0 aliphatic carbocycles. The molecule has 0 spiro atoms. The average Bonchev–Trinajstić information content (AvgIpc) is 2.74. The number of nitrogens with zero attached hydrogens (tertiary/aromatic N) is 2. The van der Waals surface area contributed by atoms with Crippen molar-refractivity contribution in [2.75, 3.05) is 0 Å². The summed E-state index contributed by atoms with van der Waals surface area (Å²) < 4.78 is 3.14. The van der Waals surface area contributed by atoms with Gasteiger partial charge in [0, 0.05) is 15.7 Å². The summed E-state index contributed by atoms with van der Waals surface area (Å²) in [6.45, 7) is 2.91. The average molecular weight is 314 g/mol. The van der Waals surface area contributed by atoms with Crippen molar-refractivity contribution >= 4 is 27.5 Å². The van der Waals surface area contributed by atoms with E-state index in [1.165, 1.54) is 11.3 Å². The summed E-state index contributed by atoms with van der Waals surface area (Å²) in [5, 5.41) is 4.41. The van der Waals surface area contributed by atoms with Crippen LogP contribution in [0.15, 0.2) is 34.9 Å². The molecule has 0 aliphatic rings. The van der Waals surface area contributed by atoms with Gasteiger partial charge in [-0.2, -0.15) is 5.10 Å². The van der Waals surface area contributed by atoms with Crippen LogP contribution in [-0.4, -0.2) is 9.78 Å². The van der Waals surface area contributed by atoms with Gasteiger partial charge in [0.15, 0.2) is 0 Å². The zero-order chi connectivity index (χ0) is 12.3. The largest absolute Gasteiger partial charge is 0.265 e. The molecule has 0 saturated heterocycles. The van der Waals surface area contributed by atoms with Crippen LogP contribution < -0.4 is 0 Å². The van der Waals surface area contributed by atoms with Crippen LogP contribution in [0.4, 0.5) is 0 Å². The van der Waals surface area contributed by atoms with Crippen LogP contribution in [0.5, 0.6) is 0 Å². The minimum Gasteiger partial charge on any atom is -0.265 e. The van der Waals surface area contributed by atoms with Crippen molar-refractivity contribution in [3.63, 3.8) is 0 Å². The monoisotopic (exact) mass is 312 g/mol. The fraction of sp³-hybridized carbons (Fsp3) is 0.308. The number of benzene rings is 1. The fourth-order valence-electron chi connectivity index (χ4n) is 1.89. The van der Waals surface area contributed by atoms with Crippen LogP contribution >= 0.6 is 27.5 Å². The van der Waals surface area contributed by atoms with E-state index in [-0.39, 0.29) is 0 Å². The highest BCUT2D eigenvalue weighted by Crippen LogP contribution is 2.19. The highest BCUT2D eigenvalue weighted by atomic mass is 79.9. The third-order valence-electron chi connectivity index (χ3n) is 2.79. The Morgan fingerprint density at radius 1 is 1.29 bits per heavy atom. The van der Waals surface area contributed by atoms with Crippen LogP contribution in [0.1, 0.15) is 23.7 Å². The van der Waals surface area contributed by atoms with E-state index in [4.69, 9.17) is 11.6 Å². The molecule has 1 aromatic carbocycles. The van der Waals surface area contributed by atoms with Crippen LogP contribution in [0.25, 0.3) is 0 Å². The molecule has 17 heavy (non-hydrogen) atoms. The van der Waals surface area contributed by atoms with Gasteiger partial charge in [0.2, 0.25) is 0 Å². The maximum absolute atomic E-state index is 5.90. The van der Waals surface area contributed by atoms with Crippen molar-refractivity contribution in [3.05, 3.63) is 51.8 Å². The summed E-state index contributed by atoms with van der Waals surface area (Å²) in [6, 6.07) is 8.21. The molecule has 0 radical (unpaired) electrons. The smallest absolute Gasteiger partial charge is 0.0673 e. The summed E-state index contributed by atoms with van der Waals surface area (Å²) in [5.74, 6) is 0.527. The molecule has 0 aliphatic heterocycles. The topological polar surface area (TPSA) is 17.8 Å². The molecule has 0 fully saturated rings. The fourth-order valence-corrected chi connectivity index (χ4v) is 2.53.